The zero-order valence-electron chi connectivity index (χ0n) is 17.7. The third kappa shape index (κ3) is 4.36. The number of likely N-dealkylation sites (tertiary alicyclic amines) is 1. The van der Waals surface area contributed by atoms with Crippen molar-refractivity contribution in [2.45, 2.75) is 39.3 Å². The van der Waals surface area contributed by atoms with Crippen LogP contribution in [-0.2, 0) is 22.7 Å². The number of nitrogens with zero attached hydrogens (tertiary/aromatic N) is 6. The van der Waals surface area contributed by atoms with Gasteiger partial charge in [-0.05, 0) is 26.1 Å². The zero-order valence-corrected chi connectivity index (χ0v) is 17.7. The second-order valence-electron chi connectivity index (χ2n) is 7.53. The number of aryl methyl sites for hydroxylation is 1. The van der Waals surface area contributed by atoms with Crippen LogP contribution in [-0.4, -0.2) is 63.5 Å². The monoisotopic (exact) mass is 411 g/mol. The maximum Gasteiger partial charge on any atom is 0.152 e. The van der Waals surface area contributed by atoms with Crippen LogP contribution in [0.3, 0.4) is 0 Å². The summed E-state index contributed by atoms with van der Waals surface area (Å²) in [6, 6.07) is 3.77. The summed E-state index contributed by atoms with van der Waals surface area (Å²) in [5.74, 6) is 1.23. The number of oxime groups is 1. The number of anilines is 1. The number of nitrogens with two attached hydrogens (primary N) is 1. The first-order valence-electron chi connectivity index (χ1n) is 10.5. The Hall–Kier alpha value is -2.78. The van der Waals surface area contributed by atoms with E-state index in [4.69, 9.17) is 20.3 Å². The van der Waals surface area contributed by atoms with E-state index in [2.05, 4.69) is 31.6 Å². The van der Waals surface area contributed by atoms with E-state index in [1.54, 1.807) is 6.20 Å². The minimum Gasteiger partial charge on any atom is -0.396 e. The van der Waals surface area contributed by atoms with Gasteiger partial charge in [0.05, 0.1) is 11.2 Å². The topological polar surface area (TPSA) is 104 Å². The van der Waals surface area contributed by atoms with Gasteiger partial charge >= 0.3 is 0 Å². The summed E-state index contributed by atoms with van der Waals surface area (Å²) in [6.07, 6.45) is 4.51. The molecule has 0 amide bonds. The molecule has 0 aromatic carbocycles. The van der Waals surface area contributed by atoms with Crippen LogP contribution in [0, 0.1) is 0 Å². The van der Waals surface area contributed by atoms with Gasteiger partial charge in [-0.3, -0.25) is 4.98 Å². The van der Waals surface area contributed by atoms with Gasteiger partial charge in [-0.2, -0.15) is 0 Å². The summed E-state index contributed by atoms with van der Waals surface area (Å²) < 4.78 is 7.76. The number of imidazole rings is 1. The quantitative estimate of drug-likeness (QED) is 0.449. The first kappa shape index (κ1) is 20.5. The summed E-state index contributed by atoms with van der Waals surface area (Å²) in [6.45, 7) is 6.33. The van der Waals surface area contributed by atoms with Crippen LogP contribution >= 0.6 is 0 Å². The van der Waals surface area contributed by atoms with E-state index in [0.717, 1.165) is 60.4 Å². The third-order valence-electron chi connectivity index (χ3n) is 5.35. The van der Waals surface area contributed by atoms with Crippen LogP contribution in [0.4, 0.5) is 5.82 Å². The fourth-order valence-electron chi connectivity index (χ4n) is 3.71. The number of hydrogen-bond donors (Lipinski definition) is 1. The van der Waals surface area contributed by atoms with Crippen molar-refractivity contribution in [3.8, 4) is 0 Å². The van der Waals surface area contributed by atoms with Crippen LogP contribution in [0.2, 0.25) is 0 Å². The van der Waals surface area contributed by atoms with Gasteiger partial charge in [0.1, 0.15) is 35.6 Å². The summed E-state index contributed by atoms with van der Waals surface area (Å²) in [5, 5.41) is 4.33. The van der Waals surface area contributed by atoms with Crippen LogP contribution < -0.4 is 5.73 Å². The summed E-state index contributed by atoms with van der Waals surface area (Å²) >= 11 is 0. The van der Waals surface area contributed by atoms with Gasteiger partial charge in [-0.15, -0.1) is 0 Å². The number of piperidine rings is 1. The van der Waals surface area contributed by atoms with Gasteiger partial charge in [0, 0.05) is 51.7 Å². The lowest BCUT2D eigenvalue weighted by atomic mass is 10.1. The minimum atomic E-state index is 0.409. The molecule has 160 valence electrons. The molecule has 4 heterocycles. The normalized spacial score (nSPS) is 15.2. The molecule has 9 nitrogen and oxygen atoms in total. The third-order valence-corrected chi connectivity index (χ3v) is 5.35. The second-order valence-corrected chi connectivity index (χ2v) is 7.53. The standard InChI is InChI=1S/C21H29N7O2/c1-3-29-14-17-25-19-20(18-16(24-21(19)22)6-4-9-23-18)28(17)10-5-13-30-26-15-7-11-27(2)12-8-15/h4,6,9H,3,5,7-8,10-14H2,1-2H3,(H2,22,24). The Labute approximate surface area is 175 Å². The fourth-order valence-corrected chi connectivity index (χ4v) is 3.71. The van der Waals surface area contributed by atoms with Crippen LogP contribution in [0.15, 0.2) is 23.5 Å². The Bertz CT molecular complexity index is 1040. The van der Waals surface area contributed by atoms with Crippen LogP contribution in [0.1, 0.15) is 32.0 Å². The number of ether oxygens (including phenoxy) is 1. The van der Waals surface area contributed by atoms with E-state index in [0.29, 0.717) is 37.7 Å². The maximum atomic E-state index is 6.20. The molecule has 1 aliphatic rings. The highest BCUT2D eigenvalue weighted by atomic mass is 16.6. The van der Waals surface area contributed by atoms with Crippen LogP contribution in [0.5, 0.6) is 0 Å². The highest BCUT2D eigenvalue weighted by molar-refractivity contribution is 6.04. The predicted octanol–water partition coefficient (Wildman–Crippen LogP) is 2.59. The van der Waals surface area contributed by atoms with E-state index >= 15 is 0 Å². The molecular weight excluding hydrogens is 382 g/mol. The van der Waals surface area contributed by atoms with E-state index in [1.807, 2.05) is 19.1 Å². The van der Waals surface area contributed by atoms with Gasteiger partial charge in [-0.25, -0.2) is 9.97 Å². The van der Waals surface area contributed by atoms with Crippen molar-refractivity contribution in [1.82, 2.24) is 24.4 Å². The minimum absolute atomic E-state index is 0.409. The molecule has 0 unspecified atom stereocenters. The highest BCUT2D eigenvalue weighted by Gasteiger charge is 2.18. The number of nitrogen functional groups attached to an aromatic ring is 1. The molecule has 0 spiro atoms. The maximum absolute atomic E-state index is 6.20. The molecule has 0 aliphatic carbocycles. The lowest BCUT2D eigenvalue weighted by Gasteiger charge is -2.22. The van der Waals surface area contributed by atoms with Crippen molar-refractivity contribution in [3.63, 3.8) is 0 Å². The molecule has 4 rings (SSSR count). The Morgan fingerprint density at radius 1 is 1.20 bits per heavy atom. The Morgan fingerprint density at radius 2 is 2.03 bits per heavy atom. The van der Waals surface area contributed by atoms with Crippen LogP contribution in [0.25, 0.3) is 22.1 Å². The molecule has 1 fully saturated rings. The molecule has 0 saturated carbocycles. The number of pyridine rings is 2. The predicted molar refractivity (Wildman–Crippen MR) is 117 cm³/mol. The first-order chi connectivity index (χ1) is 14.7. The number of fused-ring (bicyclic) bond motifs is 3. The largest absolute Gasteiger partial charge is 0.396 e. The van der Waals surface area contributed by atoms with Gasteiger partial charge in [-0.1, -0.05) is 5.16 Å². The first-order valence-corrected chi connectivity index (χ1v) is 10.5. The van der Waals surface area contributed by atoms with Crippen molar-refractivity contribution in [2.75, 3.05) is 39.1 Å². The zero-order chi connectivity index (χ0) is 20.9. The van der Waals surface area contributed by atoms with Gasteiger partial charge < -0.3 is 24.8 Å². The molecule has 30 heavy (non-hydrogen) atoms. The van der Waals surface area contributed by atoms with Crippen molar-refractivity contribution in [2.24, 2.45) is 5.16 Å². The molecular formula is C21H29N7O2. The Balaban J connectivity index is 1.53. The van der Waals surface area contributed by atoms with E-state index in [-0.39, 0.29) is 0 Å². The number of rotatable bonds is 8. The Morgan fingerprint density at radius 3 is 2.83 bits per heavy atom. The van der Waals surface area contributed by atoms with Crippen molar-refractivity contribution < 1.29 is 9.57 Å². The SMILES string of the molecule is CCOCc1nc2c(N)nc3cccnc3c2n1CCCON=C1CCN(C)CC1. The molecule has 9 heteroatoms. The number of aromatic nitrogens is 4. The molecule has 3 aromatic rings. The lowest BCUT2D eigenvalue weighted by molar-refractivity contribution is 0.122. The highest BCUT2D eigenvalue weighted by Crippen LogP contribution is 2.28. The molecule has 1 saturated heterocycles. The molecule has 0 bridgehead atoms. The molecule has 0 radical (unpaired) electrons. The van der Waals surface area contributed by atoms with E-state index in [9.17, 15) is 0 Å². The average Bonchev–Trinajstić information content (AvgIpc) is 3.13. The molecule has 2 N–H and O–H groups in total. The van der Waals surface area contributed by atoms with Gasteiger partial charge in [0.2, 0.25) is 0 Å². The smallest absolute Gasteiger partial charge is 0.152 e. The second kappa shape index (κ2) is 9.36. The summed E-state index contributed by atoms with van der Waals surface area (Å²) in [4.78, 5) is 21.6. The Kier molecular flexibility index (Phi) is 6.39. The van der Waals surface area contributed by atoms with E-state index < -0.39 is 0 Å². The molecule has 0 atom stereocenters. The summed E-state index contributed by atoms with van der Waals surface area (Å²) in [7, 11) is 2.13. The lowest BCUT2D eigenvalue weighted by Crippen LogP contribution is -2.30. The molecule has 3 aromatic heterocycles. The number of hydrogen-bond acceptors (Lipinski definition) is 8. The fraction of sp³-hybridized carbons (Fsp3) is 0.524. The average molecular weight is 412 g/mol. The summed E-state index contributed by atoms with van der Waals surface area (Å²) in [5.41, 5.74) is 10.5. The van der Waals surface area contributed by atoms with Crippen molar-refractivity contribution in [1.29, 1.82) is 0 Å². The van der Waals surface area contributed by atoms with Gasteiger partial charge in [0.25, 0.3) is 0 Å². The van der Waals surface area contributed by atoms with Crippen molar-refractivity contribution in [3.05, 3.63) is 24.2 Å². The molecule has 1 aliphatic heterocycles. The van der Waals surface area contributed by atoms with E-state index in [1.165, 1.54) is 0 Å². The van der Waals surface area contributed by atoms with Crippen molar-refractivity contribution >= 4 is 33.6 Å². The van der Waals surface area contributed by atoms with Gasteiger partial charge in [0.15, 0.2) is 5.82 Å².